The largest absolute Gasteiger partial charge is 0.480 e. The van der Waals surface area contributed by atoms with Gasteiger partial charge in [-0.1, -0.05) is 13.8 Å². The van der Waals surface area contributed by atoms with Gasteiger partial charge in [0.25, 0.3) is 0 Å². The number of nitrogens with zero attached hydrogens (tertiary/aromatic N) is 1. The van der Waals surface area contributed by atoms with Crippen molar-refractivity contribution >= 4 is 11.9 Å². The SMILES string of the molecule is CCNCC(C)C(=O)N1CCC[C@H]1C(=O)O. The second-order valence-corrected chi connectivity index (χ2v) is 4.24. The van der Waals surface area contributed by atoms with Crippen LogP contribution in [0.25, 0.3) is 0 Å². The molecule has 0 spiro atoms. The summed E-state index contributed by atoms with van der Waals surface area (Å²) in [6.07, 6.45) is 1.37. The third-order valence-electron chi connectivity index (χ3n) is 2.94. The number of amides is 1. The molecular weight excluding hydrogens is 208 g/mol. The smallest absolute Gasteiger partial charge is 0.326 e. The van der Waals surface area contributed by atoms with E-state index >= 15 is 0 Å². The summed E-state index contributed by atoms with van der Waals surface area (Å²) >= 11 is 0. The number of aliphatic carboxylic acids is 1. The second kappa shape index (κ2) is 5.84. The van der Waals surface area contributed by atoms with E-state index in [0.29, 0.717) is 19.5 Å². The topological polar surface area (TPSA) is 69.6 Å². The van der Waals surface area contributed by atoms with Crippen LogP contribution >= 0.6 is 0 Å². The van der Waals surface area contributed by atoms with Crippen LogP contribution in [0.3, 0.4) is 0 Å². The molecule has 5 nitrogen and oxygen atoms in total. The fourth-order valence-corrected chi connectivity index (χ4v) is 2.02. The maximum Gasteiger partial charge on any atom is 0.326 e. The lowest BCUT2D eigenvalue weighted by Crippen LogP contribution is -2.44. The van der Waals surface area contributed by atoms with E-state index in [1.165, 1.54) is 4.90 Å². The standard InChI is InChI=1S/C11H20N2O3/c1-3-12-7-8(2)10(14)13-6-4-5-9(13)11(15)16/h8-9,12H,3-7H2,1-2H3,(H,15,16)/t8?,9-/m0/s1. The van der Waals surface area contributed by atoms with Crippen molar-refractivity contribution in [1.82, 2.24) is 10.2 Å². The average Bonchev–Trinajstić information content (AvgIpc) is 2.73. The van der Waals surface area contributed by atoms with Gasteiger partial charge in [0, 0.05) is 19.0 Å². The lowest BCUT2D eigenvalue weighted by Gasteiger charge is -2.24. The fraction of sp³-hybridized carbons (Fsp3) is 0.818. The lowest BCUT2D eigenvalue weighted by molar-refractivity contribution is -0.149. The minimum absolute atomic E-state index is 0.0501. The van der Waals surface area contributed by atoms with E-state index < -0.39 is 12.0 Å². The molecule has 0 radical (unpaired) electrons. The number of carbonyl (C=O) groups excluding carboxylic acids is 1. The molecule has 92 valence electrons. The molecule has 1 saturated heterocycles. The third-order valence-corrected chi connectivity index (χ3v) is 2.94. The highest BCUT2D eigenvalue weighted by Gasteiger charge is 2.35. The number of carbonyl (C=O) groups is 2. The van der Waals surface area contributed by atoms with E-state index in [9.17, 15) is 9.59 Å². The minimum Gasteiger partial charge on any atom is -0.480 e. The molecule has 16 heavy (non-hydrogen) atoms. The van der Waals surface area contributed by atoms with Gasteiger partial charge in [0.2, 0.25) is 5.91 Å². The Hall–Kier alpha value is -1.10. The molecule has 1 aliphatic heterocycles. The van der Waals surface area contributed by atoms with Gasteiger partial charge in [-0.3, -0.25) is 4.79 Å². The van der Waals surface area contributed by atoms with Crippen LogP contribution in [0, 0.1) is 5.92 Å². The molecule has 1 fully saturated rings. The number of hydrogen-bond donors (Lipinski definition) is 2. The number of nitrogens with one attached hydrogen (secondary N) is 1. The highest BCUT2D eigenvalue weighted by molar-refractivity contribution is 5.85. The van der Waals surface area contributed by atoms with Gasteiger partial charge >= 0.3 is 5.97 Å². The van der Waals surface area contributed by atoms with Crippen molar-refractivity contribution in [2.45, 2.75) is 32.7 Å². The molecule has 0 aromatic carbocycles. The van der Waals surface area contributed by atoms with E-state index in [1.807, 2.05) is 13.8 Å². The summed E-state index contributed by atoms with van der Waals surface area (Å²) in [5.41, 5.74) is 0. The van der Waals surface area contributed by atoms with Gasteiger partial charge in [0.1, 0.15) is 6.04 Å². The van der Waals surface area contributed by atoms with Crippen molar-refractivity contribution in [3.63, 3.8) is 0 Å². The highest BCUT2D eigenvalue weighted by atomic mass is 16.4. The molecule has 5 heteroatoms. The predicted molar refractivity (Wildman–Crippen MR) is 60.1 cm³/mol. The molecular formula is C11H20N2O3. The molecule has 0 aromatic heterocycles. The van der Waals surface area contributed by atoms with Crippen LogP contribution in [-0.2, 0) is 9.59 Å². The van der Waals surface area contributed by atoms with Gasteiger partial charge in [-0.15, -0.1) is 0 Å². The van der Waals surface area contributed by atoms with Crippen LogP contribution in [0.15, 0.2) is 0 Å². The first-order valence-corrected chi connectivity index (χ1v) is 5.82. The van der Waals surface area contributed by atoms with Gasteiger partial charge in [-0.05, 0) is 19.4 Å². The summed E-state index contributed by atoms with van der Waals surface area (Å²) < 4.78 is 0. The lowest BCUT2D eigenvalue weighted by atomic mass is 10.1. The summed E-state index contributed by atoms with van der Waals surface area (Å²) in [6, 6.07) is -0.614. The summed E-state index contributed by atoms with van der Waals surface area (Å²) in [5.74, 6) is -1.09. The molecule has 0 saturated carbocycles. The van der Waals surface area contributed by atoms with E-state index in [-0.39, 0.29) is 11.8 Å². The fourth-order valence-electron chi connectivity index (χ4n) is 2.02. The molecule has 2 atom stereocenters. The number of likely N-dealkylation sites (tertiary alicyclic amines) is 1. The van der Waals surface area contributed by atoms with Crippen molar-refractivity contribution in [1.29, 1.82) is 0 Å². The number of carboxylic acid groups (broad SMARTS) is 1. The Morgan fingerprint density at radius 3 is 2.81 bits per heavy atom. The maximum atomic E-state index is 12.0. The molecule has 1 amide bonds. The molecule has 2 N–H and O–H groups in total. The normalized spacial score (nSPS) is 22.1. The quantitative estimate of drug-likeness (QED) is 0.710. The Morgan fingerprint density at radius 1 is 1.56 bits per heavy atom. The number of carboxylic acids is 1. The summed E-state index contributed by atoms with van der Waals surface area (Å²) in [4.78, 5) is 24.4. The van der Waals surface area contributed by atoms with Crippen LogP contribution in [-0.4, -0.2) is 47.6 Å². The maximum absolute atomic E-state index is 12.0. The van der Waals surface area contributed by atoms with E-state index in [0.717, 1.165) is 13.0 Å². The Labute approximate surface area is 95.8 Å². The molecule has 0 aliphatic carbocycles. The van der Waals surface area contributed by atoms with Crippen molar-refractivity contribution in [2.75, 3.05) is 19.6 Å². The Balaban J connectivity index is 2.55. The highest BCUT2D eigenvalue weighted by Crippen LogP contribution is 2.19. The molecule has 1 aliphatic rings. The average molecular weight is 228 g/mol. The number of rotatable bonds is 5. The molecule has 1 rings (SSSR count). The van der Waals surface area contributed by atoms with Crippen molar-refractivity contribution in [3.8, 4) is 0 Å². The molecule has 1 heterocycles. The third kappa shape index (κ3) is 2.95. The zero-order valence-electron chi connectivity index (χ0n) is 9.90. The number of hydrogen-bond acceptors (Lipinski definition) is 3. The zero-order chi connectivity index (χ0) is 12.1. The predicted octanol–water partition coefficient (Wildman–Crippen LogP) is 0.308. The molecule has 0 aromatic rings. The van der Waals surface area contributed by atoms with Gasteiger partial charge in [0.05, 0.1) is 0 Å². The molecule has 1 unspecified atom stereocenters. The van der Waals surface area contributed by atoms with Crippen LogP contribution in [0.5, 0.6) is 0 Å². The summed E-state index contributed by atoms with van der Waals surface area (Å²) in [6.45, 7) is 5.82. The monoisotopic (exact) mass is 228 g/mol. The zero-order valence-corrected chi connectivity index (χ0v) is 9.90. The Kier molecular flexibility index (Phi) is 4.73. The van der Waals surface area contributed by atoms with Crippen molar-refractivity contribution < 1.29 is 14.7 Å². The molecule has 0 bridgehead atoms. The van der Waals surface area contributed by atoms with Crippen LogP contribution < -0.4 is 5.32 Å². The van der Waals surface area contributed by atoms with Crippen molar-refractivity contribution in [3.05, 3.63) is 0 Å². The van der Waals surface area contributed by atoms with Gasteiger partial charge < -0.3 is 15.3 Å². The Morgan fingerprint density at radius 2 is 2.25 bits per heavy atom. The van der Waals surface area contributed by atoms with Crippen LogP contribution in [0.2, 0.25) is 0 Å². The van der Waals surface area contributed by atoms with Gasteiger partial charge in [0.15, 0.2) is 0 Å². The minimum atomic E-state index is -0.887. The first-order chi connectivity index (χ1) is 7.57. The second-order valence-electron chi connectivity index (χ2n) is 4.24. The van der Waals surface area contributed by atoms with Crippen LogP contribution in [0.4, 0.5) is 0 Å². The van der Waals surface area contributed by atoms with Gasteiger partial charge in [-0.2, -0.15) is 0 Å². The Bertz CT molecular complexity index is 268. The van der Waals surface area contributed by atoms with E-state index in [4.69, 9.17) is 5.11 Å². The summed E-state index contributed by atoms with van der Waals surface area (Å²) in [5, 5.41) is 12.1. The van der Waals surface area contributed by atoms with E-state index in [1.54, 1.807) is 0 Å². The van der Waals surface area contributed by atoms with Crippen LogP contribution in [0.1, 0.15) is 26.7 Å². The summed E-state index contributed by atoms with van der Waals surface area (Å²) in [7, 11) is 0. The van der Waals surface area contributed by atoms with Crippen molar-refractivity contribution in [2.24, 2.45) is 5.92 Å². The first kappa shape index (κ1) is 13.0. The first-order valence-electron chi connectivity index (χ1n) is 5.82. The van der Waals surface area contributed by atoms with E-state index in [2.05, 4.69) is 5.32 Å². The van der Waals surface area contributed by atoms with Gasteiger partial charge in [-0.25, -0.2) is 4.79 Å².